The molecule has 3 rings (SSSR count). The Morgan fingerprint density at radius 1 is 1.18 bits per heavy atom. The van der Waals surface area contributed by atoms with E-state index in [1.165, 1.54) is 0 Å². The van der Waals surface area contributed by atoms with Crippen molar-refractivity contribution < 1.29 is 9.53 Å². The van der Waals surface area contributed by atoms with Gasteiger partial charge in [0.2, 0.25) is 0 Å². The van der Waals surface area contributed by atoms with Crippen LogP contribution in [0, 0.1) is 0 Å². The minimum atomic E-state index is -0.332. The van der Waals surface area contributed by atoms with E-state index in [0.717, 1.165) is 21.4 Å². The molecule has 1 aliphatic heterocycles. The summed E-state index contributed by atoms with van der Waals surface area (Å²) in [6, 6.07) is 15.2. The molecule has 1 aliphatic rings. The second-order valence-electron chi connectivity index (χ2n) is 6.64. The molecule has 1 amide bonds. The zero-order valence-electron chi connectivity index (χ0n) is 16.2. The van der Waals surface area contributed by atoms with E-state index in [9.17, 15) is 4.79 Å². The predicted molar refractivity (Wildman–Crippen MR) is 119 cm³/mol. The lowest BCUT2D eigenvalue weighted by atomic mass is 9.94. The molecular weight excluding hydrogens is 438 g/mol. The first-order valence-corrected chi connectivity index (χ1v) is 9.96. The molecular formula is C21H22BrN3O2S. The number of carbonyl (C=O) groups excluding carboxylic acids is 1. The number of anilines is 1. The molecule has 0 aliphatic carbocycles. The van der Waals surface area contributed by atoms with Crippen LogP contribution in [0.15, 0.2) is 64.3 Å². The van der Waals surface area contributed by atoms with Gasteiger partial charge in [-0.05, 0) is 49.0 Å². The van der Waals surface area contributed by atoms with Gasteiger partial charge >= 0.3 is 0 Å². The maximum Gasteiger partial charge on any atom is 0.253 e. The lowest BCUT2D eigenvalue weighted by Crippen LogP contribution is -2.49. The van der Waals surface area contributed by atoms with Gasteiger partial charge in [-0.15, -0.1) is 0 Å². The molecule has 1 N–H and O–H groups in total. The molecule has 146 valence electrons. The Bertz CT molecular complexity index is 941. The second kappa shape index (κ2) is 8.32. The van der Waals surface area contributed by atoms with Crippen molar-refractivity contribution in [2.45, 2.75) is 13.0 Å². The standard InChI is InChI=1S/C21H22BrN3O2S/c1-13-18(20(26)24(2)3)19(14-9-11-15(22)12-10-14)23-21(28)25(13)16-7-5-6-8-17(16)27-4/h5-12,19H,1-4H3,(H,23,28). The zero-order valence-corrected chi connectivity index (χ0v) is 18.6. The molecule has 0 saturated heterocycles. The number of hydrogen-bond acceptors (Lipinski definition) is 3. The van der Waals surface area contributed by atoms with Crippen LogP contribution in [0.4, 0.5) is 5.69 Å². The van der Waals surface area contributed by atoms with Crippen molar-refractivity contribution in [3.05, 3.63) is 69.8 Å². The summed E-state index contributed by atoms with van der Waals surface area (Å²) < 4.78 is 6.49. The number of amides is 1. The third-order valence-electron chi connectivity index (χ3n) is 4.65. The third-order valence-corrected chi connectivity index (χ3v) is 5.48. The highest BCUT2D eigenvalue weighted by molar-refractivity contribution is 9.10. The van der Waals surface area contributed by atoms with E-state index < -0.39 is 0 Å². The molecule has 0 saturated carbocycles. The largest absolute Gasteiger partial charge is 0.495 e. The molecule has 0 fully saturated rings. The first-order chi connectivity index (χ1) is 13.3. The van der Waals surface area contributed by atoms with Gasteiger partial charge in [-0.25, -0.2) is 0 Å². The highest BCUT2D eigenvalue weighted by Crippen LogP contribution is 2.38. The Labute approximate surface area is 179 Å². The molecule has 7 heteroatoms. The summed E-state index contributed by atoms with van der Waals surface area (Å²) in [5.41, 5.74) is 3.18. The Morgan fingerprint density at radius 3 is 2.43 bits per heavy atom. The van der Waals surface area contributed by atoms with E-state index in [1.807, 2.05) is 60.4 Å². The normalized spacial score (nSPS) is 16.7. The smallest absolute Gasteiger partial charge is 0.253 e. The van der Waals surface area contributed by atoms with Crippen LogP contribution >= 0.6 is 28.1 Å². The lowest BCUT2D eigenvalue weighted by molar-refractivity contribution is -0.125. The summed E-state index contributed by atoms with van der Waals surface area (Å²) in [6.45, 7) is 1.92. The molecule has 1 heterocycles. The van der Waals surface area contributed by atoms with Gasteiger partial charge in [-0.2, -0.15) is 0 Å². The number of nitrogens with one attached hydrogen (secondary N) is 1. The highest BCUT2D eigenvalue weighted by atomic mass is 79.9. The molecule has 0 spiro atoms. The fourth-order valence-electron chi connectivity index (χ4n) is 3.27. The van der Waals surface area contributed by atoms with Crippen LogP contribution in [0.3, 0.4) is 0 Å². The molecule has 2 aromatic carbocycles. The van der Waals surface area contributed by atoms with Crippen LogP contribution in [0.25, 0.3) is 0 Å². The van der Waals surface area contributed by atoms with Crippen LogP contribution in [0.1, 0.15) is 18.5 Å². The molecule has 1 atom stereocenters. The van der Waals surface area contributed by atoms with Crippen molar-refractivity contribution in [1.29, 1.82) is 0 Å². The first-order valence-electron chi connectivity index (χ1n) is 8.76. The number of para-hydroxylation sites is 2. The number of likely N-dealkylation sites (N-methyl/N-ethyl adjacent to an activating group) is 1. The number of hydrogen-bond donors (Lipinski definition) is 1. The van der Waals surface area contributed by atoms with Crippen molar-refractivity contribution in [2.75, 3.05) is 26.1 Å². The van der Waals surface area contributed by atoms with Gasteiger partial charge in [-0.1, -0.05) is 40.2 Å². The fraction of sp³-hybridized carbons (Fsp3) is 0.238. The number of thiocarbonyl (C=S) groups is 1. The first kappa shape index (κ1) is 20.4. The van der Waals surface area contributed by atoms with E-state index >= 15 is 0 Å². The van der Waals surface area contributed by atoms with Gasteiger partial charge in [-0.3, -0.25) is 9.69 Å². The maximum absolute atomic E-state index is 13.1. The number of rotatable bonds is 4. The number of benzene rings is 2. The van der Waals surface area contributed by atoms with E-state index in [1.54, 1.807) is 26.1 Å². The topological polar surface area (TPSA) is 44.8 Å². The average Bonchev–Trinajstić information content (AvgIpc) is 2.68. The Balaban J connectivity index is 2.18. The number of halogens is 1. The van der Waals surface area contributed by atoms with Crippen LogP contribution in [-0.2, 0) is 4.79 Å². The zero-order chi connectivity index (χ0) is 20.4. The summed E-state index contributed by atoms with van der Waals surface area (Å²) in [5, 5.41) is 3.87. The molecule has 28 heavy (non-hydrogen) atoms. The molecule has 1 unspecified atom stereocenters. The molecule has 0 aromatic heterocycles. The average molecular weight is 460 g/mol. The highest BCUT2D eigenvalue weighted by Gasteiger charge is 2.36. The summed E-state index contributed by atoms with van der Waals surface area (Å²) in [7, 11) is 5.12. The minimum Gasteiger partial charge on any atom is -0.495 e. The molecule has 0 bridgehead atoms. The van der Waals surface area contributed by atoms with Crippen molar-refractivity contribution >= 4 is 44.9 Å². The third kappa shape index (κ3) is 3.77. The van der Waals surface area contributed by atoms with Crippen LogP contribution in [0.5, 0.6) is 5.75 Å². The Hall–Kier alpha value is -2.38. The SMILES string of the molecule is COc1ccccc1N1C(=S)NC(c2ccc(Br)cc2)C(C(=O)N(C)C)=C1C. The lowest BCUT2D eigenvalue weighted by Gasteiger charge is -2.39. The Morgan fingerprint density at radius 2 is 1.82 bits per heavy atom. The summed E-state index contributed by atoms with van der Waals surface area (Å²) >= 11 is 9.15. The Kier molecular flexibility index (Phi) is 6.05. The van der Waals surface area contributed by atoms with Crippen molar-refractivity contribution in [3.63, 3.8) is 0 Å². The summed E-state index contributed by atoms with van der Waals surface area (Å²) in [6.07, 6.45) is 0. The van der Waals surface area contributed by atoms with E-state index in [2.05, 4.69) is 21.2 Å². The van der Waals surface area contributed by atoms with Gasteiger partial charge in [0.25, 0.3) is 5.91 Å². The number of nitrogens with zero attached hydrogens (tertiary/aromatic N) is 2. The van der Waals surface area contributed by atoms with Crippen LogP contribution in [0.2, 0.25) is 0 Å². The van der Waals surface area contributed by atoms with Crippen molar-refractivity contribution in [3.8, 4) is 5.75 Å². The van der Waals surface area contributed by atoms with Gasteiger partial charge < -0.3 is 15.0 Å². The van der Waals surface area contributed by atoms with E-state index in [4.69, 9.17) is 17.0 Å². The number of ether oxygens (including phenoxy) is 1. The number of allylic oxidation sites excluding steroid dienone is 1. The monoisotopic (exact) mass is 459 g/mol. The number of carbonyl (C=O) groups is 1. The van der Waals surface area contributed by atoms with Crippen LogP contribution in [-0.4, -0.2) is 37.1 Å². The fourth-order valence-corrected chi connectivity index (χ4v) is 3.89. The van der Waals surface area contributed by atoms with Gasteiger partial charge in [0.15, 0.2) is 5.11 Å². The summed E-state index contributed by atoms with van der Waals surface area (Å²) in [4.78, 5) is 16.6. The van der Waals surface area contributed by atoms with Crippen LogP contribution < -0.4 is 15.0 Å². The van der Waals surface area contributed by atoms with E-state index in [-0.39, 0.29) is 11.9 Å². The molecule has 5 nitrogen and oxygen atoms in total. The minimum absolute atomic E-state index is 0.0692. The quantitative estimate of drug-likeness (QED) is 0.692. The van der Waals surface area contributed by atoms with Gasteiger partial charge in [0.1, 0.15) is 5.75 Å². The maximum atomic E-state index is 13.1. The predicted octanol–water partition coefficient (Wildman–Crippen LogP) is 4.26. The molecule has 0 radical (unpaired) electrons. The van der Waals surface area contributed by atoms with Crippen molar-refractivity contribution in [1.82, 2.24) is 10.2 Å². The number of methoxy groups -OCH3 is 1. The van der Waals surface area contributed by atoms with E-state index in [0.29, 0.717) is 16.4 Å². The second-order valence-corrected chi connectivity index (χ2v) is 7.94. The van der Waals surface area contributed by atoms with Gasteiger partial charge in [0, 0.05) is 24.3 Å². The van der Waals surface area contributed by atoms with Gasteiger partial charge in [0.05, 0.1) is 24.4 Å². The van der Waals surface area contributed by atoms with Crippen molar-refractivity contribution in [2.24, 2.45) is 0 Å². The summed E-state index contributed by atoms with van der Waals surface area (Å²) in [5.74, 6) is 0.616. The molecule has 2 aromatic rings.